The van der Waals surface area contributed by atoms with Crippen molar-refractivity contribution in [3.05, 3.63) is 15.8 Å². The Labute approximate surface area is 127 Å². The Morgan fingerprint density at radius 3 is 2.76 bits per heavy atom. The molecule has 0 aliphatic heterocycles. The van der Waals surface area contributed by atoms with Crippen LogP contribution in [0.2, 0.25) is 0 Å². The van der Waals surface area contributed by atoms with Crippen LogP contribution < -0.4 is 10.0 Å². The number of hydrogen-bond donors (Lipinski definition) is 2. The normalized spacial score (nSPS) is 12.2. The van der Waals surface area contributed by atoms with E-state index in [1.54, 1.807) is 12.3 Å². The lowest BCUT2D eigenvalue weighted by Gasteiger charge is -2.10. The summed E-state index contributed by atoms with van der Waals surface area (Å²) in [4.78, 5) is 0.998. The number of rotatable bonds is 10. The standard InChI is InChI=1S/C12H20F2N2O3S2/c1-3-15-6-10-12(9(2)8-20-10)21(17,18)16-4-5-19-7-11(13)14/h8,11,15-16H,3-7H2,1-2H3. The number of halogens is 2. The van der Waals surface area contributed by atoms with Crippen molar-refractivity contribution < 1.29 is 21.9 Å². The number of hydrogen-bond acceptors (Lipinski definition) is 5. The molecule has 0 spiro atoms. The molecule has 0 amide bonds. The SMILES string of the molecule is CCNCc1scc(C)c1S(=O)(=O)NCCOCC(F)F. The quantitative estimate of drug-likeness (QED) is 0.636. The van der Waals surface area contributed by atoms with Gasteiger partial charge in [0.25, 0.3) is 6.43 Å². The number of alkyl halides is 2. The van der Waals surface area contributed by atoms with Crippen LogP contribution in [0.15, 0.2) is 10.3 Å². The van der Waals surface area contributed by atoms with Gasteiger partial charge in [-0.05, 0) is 24.4 Å². The molecule has 2 N–H and O–H groups in total. The maximum Gasteiger partial charge on any atom is 0.261 e. The maximum atomic E-state index is 12.3. The molecule has 0 radical (unpaired) electrons. The van der Waals surface area contributed by atoms with E-state index in [0.717, 1.165) is 11.4 Å². The van der Waals surface area contributed by atoms with Gasteiger partial charge in [0.1, 0.15) is 11.5 Å². The molecule has 0 aromatic carbocycles. The fourth-order valence-corrected chi connectivity index (χ4v) is 4.49. The lowest BCUT2D eigenvalue weighted by Crippen LogP contribution is -2.29. The van der Waals surface area contributed by atoms with E-state index in [0.29, 0.717) is 12.1 Å². The number of sulfonamides is 1. The van der Waals surface area contributed by atoms with Crippen molar-refractivity contribution in [2.45, 2.75) is 31.7 Å². The summed E-state index contributed by atoms with van der Waals surface area (Å²) >= 11 is 1.38. The van der Waals surface area contributed by atoms with Gasteiger partial charge in [-0.1, -0.05) is 6.92 Å². The van der Waals surface area contributed by atoms with Crippen molar-refractivity contribution in [2.75, 3.05) is 26.3 Å². The van der Waals surface area contributed by atoms with E-state index in [2.05, 4.69) is 14.8 Å². The Kier molecular flexibility index (Phi) is 7.67. The molecule has 0 atom stereocenters. The van der Waals surface area contributed by atoms with Gasteiger partial charge in [-0.2, -0.15) is 0 Å². The summed E-state index contributed by atoms with van der Waals surface area (Å²) in [6, 6.07) is 0. The molecule has 0 saturated heterocycles. The van der Waals surface area contributed by atoms with Crippen LogP contribution in [-0.2, 0) is 21.3 Å². The molecule has 0 fully saturated rings. The van der Waals surface area contributed by atoms with E-state index in [1.165, 1.54) is 11.3 Å². The second kappa shape index (κ2) is 8.74. The van der Waals surface area contributed by atoms with E-state index in [1.807, 2.05) is 6.92 Å². The first kappa shape index (κ1) is 18.4. The van der Waals surface area contributed by atoms with E-state index in [-0.39, 0.29) is 18.0 Å². The molecule has 0 bridgehead atoms. The van der Waals surface area contributed by atoms with Gasteiger partial charge in [-0.3, -0.25) is 0 Å². The van der Waals surface area contributed by atoms with E-state index < -0.39 is 23.1 Å². The Morgan fingerprint density at radius 1 is 1.43 bits per heavy atom. The predicted octanol–water partition coefficient (Wildman–Crippen LogP) is 1.73. The zero-order chi connectivity index (χ0) is 15.9. The third-order valence-corrected chi connectivity index (χ3v) is 5.50. The monoisotopic (exact) mass is 342 g/mol. The molecule has 1 aromatic rings. The van der Waals surface area contributed by atoms with Crippen LogP contribution in [0.5, 0.6) is 0 Å². The molecule has 1 heterocycles. The van der Waals surface area contributed by atoms with Crippen molar-refractivity contribution in [2.24, 2.45) is 0 Å². The van der Waals surface area contributed by atoms with Gasteiger partial charge in [0.05, 0.1) is 6.61 Å². The lowest BCUT2D eigenvalue weighted by atomic mass is 10.3. The first-order valence-electron chi connectivity index (χ1n) is 6.51. The van der Waals surface area contributed by atoms with E-state index in [4.69, 9.17) is 0 Å². The van der Waals surface area contributed by atoms with E-state index in [9.17, 15) is 17.2 Å². The molecule has 5 nitrogen and oxygen atoms in total. The predicted molar refractivity (Wildman–Crippen MR) is 78.4 cm³/mol. The maximum absolute atomic E-state index is 12.3. The second-order valence-electron chi connectivity index (χ2n) is 4.32. The van der Waals surface area contributed by atoms with Crippen molar-refractivity contribution in [3.8, 4) is 0 Å². The molecule has 21 heavy (non-hydrogen) atoms. The fraction of sp³-hybridized carbons (Fsp3) is 0.667. The number of aryl methyl sites for hydroxylation is 1. The van der Waals surface area contributed by atoms with Crippen LogP contribution in [0.25, 0.3) is 0 Å². The average Bonchev–Trinajstić information content (AvgIpc) is 2.77. The summed E-state index contributed by atoms with van der Waals surface area (Å²) in [5.41, 5.74) is 0.675. The minimum atomic E-state index is -3.66. The first-order valence-corrected chi connectivity index (χ1v) is 8.88. The number of thiophene rings is 1. The van der Waals surface area contributed by atoms with Crippen molar-refractivity contribution in [3.63, 3.8) is 0 Å². The highest BCUT2D eigenvalue weighted by Crippen LogP contribution is 2.26. The van der Waals surface area contributed by atoms with Gasteiger partial charge in [0, 0.05) is 18.0 Å². The molecular formula is C12H20F2N2O3S2. The highest BCUT2D eigenvalue weighted by molar-refractivity contribution is 7.89. The molecule has 0 saturated carbocycles. The highest BCUT2D eigenvalue weighted by Gasteiger charge is 2.22. The van der Waals surface area contributed by atoms with Crippen LogP contribution in [0.4, 0.5) is 8.78 Å². The Bertz CT molecular complexity index is 533. The molecule has 9 heteroatoms. The van der Waals surface area contributed by atoms with Gasteiger partial charge >= 0.3 is 0 Å². The molecule has 0 aliphatic carbocycles. The molecular weight excluding hydrogens is 322 g/mol. The fourth-order valence-electron chi connectivity index (χ4n) is 1.70. The minimum Gasteiger partial charge on any atom is -0.374 e. The van der Waals surface area contributed by atoms with Gasteiger partial charge in [-0.25, -0.2) is 21.9 Å². The summed E-state index contributed by atoms with van der Waals surface area (Å²) in [7, 11) is -3.66. The highest BCUT2D eigenvalue weighted by atomic mass is 32.2. The minimum absolute atomic E-state index is 0.0367. The lowest BCUT2D eigenvalue weighted by molar-refractivity contribution is 0.0199. The van der Waals surface area contributed by atoms with Crippen LogP contribution in [0, 0.1) is 6.92 Å². The number of ether oxygens (including phenoxy) is 1. The zero-order valence-electron chi connectivity index (χ0n) is 12.0. The van der Waals surface area contributed by atoms with Crippen LogP contribution in [0.3, 0.4) is 0 Å². The summed E-state index contributed by atoms with van der Waals surface area (Å²) in [5, 5.41) is 4.88. The topological polar surface area (TPSA) is 67.4 Å². The molecule has 122 valence electrons. The third-order valence-electron chi connectivity index (χ3n) is 2.58. The average molecular weight is 342 g/mol. The van der Waals surface area contributed by atoms with Gasteiger partial charge < -0.3 is 10.1 Å². The molecule has 1 rings (SSSR count). The van der Waals surface area contributed by atoms with Gasteiger partial charge in [-0.15, -0.1) is 11.3 Å². The smallest absolute Gasteiger partial charge is 0.261 e. The largest absolute Gasteiger partial charge is 0.374 e. The van der Waals surface area contributed by atoms with Crippen molar-refractivity contribution in [1.82, 2.24) is 10.0 Å². The summed E-state index contributed by atoms with van der Waals surface area (Å²) in [6.45, 7) is 4.07. The Balaban J connectivity index is 2.63. The molecule has 0 unspecified atom stereocenters. The van der Waals surface area contributed by atoms with Crippen molar-refractivity contribution >= 4 is 21.4 Å². The Hall–Kier alpha value is -0.610. The van der Waals surface area contributed by atoms with Crippen molar-refractivity contribution in [1.29, 1.82) is 0 Å². The Morgan fingerprint density at radius 2 is 2.14 bits per heavy atom. The summed E-state index contributed by atoms with van der Waals surface area (Å²) < 4.78 is 55.3. The number of nitrogens with one attached hydrogen (secondary N) is 2. The van der Waals surface area contributed by atoms with Crippen LogP contribution >= 0.6 is 11.3 Å². The van der Waals surface area contributed by atoms with Crippen LogP contribution in [0.1, 0.15) is 17.4 Å². The van der Waals surface area contributed by atoms with Gasteiger partial charge in [0.15, 0.2) is 0 Å². The molecule has 0 aliphatic rings. The summed E-state index contributed by atoms with van der Waals surface area (Å²) in [5.74, 6) is 0. The zero-order valence-corrected chi connectivity index (χ0v) is 13.6. The summed E-state index contributed by atoms with van der Waals surface area (Å²) in [6.07, 6.45) is -2.55. The van der Waals surface area contributed by atoms with Gasteiger partial charge in [0.2, 0.25) is 10.0 Å². The van der Waals surface area contributed by atoms with E-state index >= 15 is 0 Å². The van der Waals surface area contributed by atoms with Crippen LogP contribution in [-0.4, -0.2) is 41.1 Å². The first-order chi connectivity index (χ1) is 9.88. The third kappa shape index (κ3) is 5.95. The molecule has 1 aromatic heterocycles. The second-order valence-corrected chi connectivity index (χ2v) is 6.98.